The first kappa shape index (κ1) is 11.8. The van der Waals surface area contributed by atoms with Crippen molar-refractivity contribution in [2.24, 2.45) is 5.73 Å². The summed E-state index contributed by atoms with van der Waals surface area (Å²) >= 11 is 5.85. The maximum atomic E-state index is 9.19. The number of nitrogens with one attached hydrogen (secondary N) is 1. The van der Waals surface area contributed by atoms with E-state index in [4.69, 9.17) is 22.2 Å². The van der Waals surface area contributed by atoms with Crippen molar-refractivity contribution in [3.63, 3.8) is 0 Å². The number of rotatable bonds is 2. The Balaban J connectivity index is 2.54. The molecule has 17 heavy (non-hydrogen) atoms. The van der Waals surface area contributed by atoms with Gasteiger partial charge in [0.25, 0.3) is 0 Å². The molecule has 0 aromatic heterocycles. The lowest BCUT2D eigenvalue weighted by atomic mass is 9.82. The van der Waals surface area contributed by atoms with E-state index in [0.717, 1.165) is 5.56 Å². The van der Waals surface area contributed by atoms with Crippen LogP contribution in [-0.2, 0) is 10.4 Å². The first-order chi connectivity index (χ1) is 8.14. The fourth-order valence-corrected chi connectivity index (χ4v) is 2.12. The predicted molar refractivity (Wildman–Crippen MR) is 64.5 cm³/mol. The van der Waals surface area contributed by atoms with Gasteiger partial charge in [-0.1, -0.05) is 30.7 Å². The molecule has 0 amide bonds. The number of nitrogens with two attached hydrogens (primary N) is 1. The molecule has 1 atom stereocenters. The highest BCUT2D eigenvalue weighted by Crippen LogP contribution is 2.38. The standard InChI is InChI=1S/C12H12ClN3O/c1-2-12(8-3-5-9(13)6-4-8)10(7-14)11(15)17-16-12/h3-6,16H,2,15H2,1H3. The van der Waals surface area contributed by atoms with Crippen LogP contribution in [0.15, 0.2) is 35.7 Å². The zero-order valence-corrected chi connectivity index (χ0v) is 10.1. The summed E-state index contributed by atoms with van der Waals surface area (Å²) in [5.74, 6) is 0.129. The summed E-state index contributed by atoms with van der Waals surface area (Å²) in [7, 11) is 0. The highest BCUT2D eigenvalue weighted by molar-refractivity contribution is 6.30. The van der Waals surface area contributed by atoms with Crippen LogP contribution in [0, 0.1) is 11.3 Å². The van der Waals surface area contributed by atoms with Gasteiger partial charge >= 0.3 is 0 Å². The first-order valence-electron chi connectivity index (χ1n) is 5.24. The van der Waals surface area contributed by atoms with Gasteiger partial charge < -0.3 is 10.6 Å². The highest BCUT2D eigenvalue weighted by Gasteiger charge is 2.43. The van der Waals surface area contributed by atoms with E-state index in [2.05, 4.69) is 11.5 Å². The Hall–Kier alpha value is -1.70. The molecule has 88 valence electrons. The van der Waals surface area contributed by atoms with Crippen LogP contribution in [0.5, 0.6) is 0 Å². The minimum atomic E-state index is -0.677. The van der Waals surface area contributed by atoms with E-state index in [9.17, 15) is 5.26 Å². The Morgan fingerprint density at radius 1 is 1.47 bits per heavy atom. The molecule has 5 heteroatoms. The zero-order chi connectivity index (χ0) is 12.5. The smallest absolute Gasteiger partial charge is 0.225 e. The molecule has 1 aromatic rings. The van der Waals surface area contributed by atoms with Gasteiger partial charge in [-0.2, -0.15) is 5.26 Å². The molecule has 0 aliphatic carbocycles. The molecule has 0 saturated heterocycles. The van der Waals surface area contributed by atoms with E-state index < -0.39 is 5.54 Å². The molecule has 1 heterocycles. The lowest BCUT2D eigenvalue weighted by Gasteiger charge is -2.26. The van der Waals surface area contributed by atoms with Crippen LogP contribution in [0.1, 0.15) is 18.9 Å². The van der Waals surface area contributed by atoms with E-state index in [1.54, 1.807) is 12.1 Å². The van der Waals surface area contributed by atoms with E-state index in [0.29, 0.717) is 17.0 Å². The van der Waals surface area contributed by atoms with Gasteiger partial charge in [-0.15, -0.1) is 5.48 Å². The molecule has 1 unspecified atom stereocenters. The van der Waals surface area contributed by atoms with Crippen molar-refractivity contribution in [2.45, 2.75) is 18.9 Å². The van der Waals surface area contributed by atoms with Crippen molar-refractivity contribution in [2.75, 3.05) is 0 Å². The van der Waals surface area contributed by atoms with Gasteiger partial charge in [0.2, 0.25) is 5.88 Å². The average Bonchev–Trinajstić information content (AvgIpc) is 2.67. The number of hydrogen-bond acceptors (Lipinski definition) is 4. The number of hydrogen-bond donors (Lipinski definition) is 2. The SMILES string of the molecule is CCC1(c2ccc(Cl)cc2)NOC(N)=C1C#N. The maximum Gasteiger partial charge on any atom is 0.225 e. The van der Waals surface area contributed by atoms with Crippen LogP contribution < -0.4 is 11.2 Å². The van der Waals surface area contributed by atoms with Crippen molar-refractivity contribution in [1.29, 1.82) is 5.26 Å². The largest absolute Gasteiger partial charge is 0.389 e. The van der Waals surface area contributed by atoms with Crippen LogP contribution in [-0.4, -0.2) is 0 Å². The second-order valence-corrected chi connectivity index (χ2v) is 4.26. The summed E-state index contributed by atoms with van der Waals surface area (Å²) in [4.78, 5) is 5.10. The highest BCUT2D eigenvalue weighted by atomic mass is 35.5. The number of halogens is 1. The third-order valence-corrected chi connectivity index (χ3v) is 3.24. The van der Waals surface area contributed by atoms with Crippen LogP contribution in [0.2, 0.25) is 5.02 Å². The monoisotopic (exact) mass is 249 g/mol. The summed E-state index contributed by atoms with van der Waals surface area (Å²) in [6.07, 6.45) is 0.651. The molecule has 1 aliphatic heterocycles. The van der Waals surface area contributed by atoms with Crippen LogP contribution in [0.25, 0.3) is 0 Å². The second-order valence-electron chi connectivity index (χ2n) is 3.82. The van der Waals surface area contributed by atoms with Gasteiger partial charge in [-0.3, -0.25) is 0 Å². The van der Waals surface area contributed by atoms with E-state index >= 15 is 0 Å². The van der Waals surface area contributed by atoms with Gasteiger partial charge in [-0.25, -0.2) is 0 Å². The third-order valence-electron chi connectivity index (χ3n) is 2.99. The van der Waals surface area contributed by atoms with Gasteiger partial charge in [-0.05, 0) is 24.1 Å². The molecule has 1 aromatic carbocycles. The summed E-state index contributed by atoms with van der Waals surface area (Å²) in [5, 5.41) is 9.83. The summed E-state index contributed by atoms with van der Waals surface area (Å²) in [5.41, 5.74) is 9.13. The average molecular weight is 250 g/mol. The molecule has 0 saturated carbocycles. The Morgan fingerprint density at radius 2 is 2.12 bits per heavy atom. The minimum absolute atomic E-state index is 0.129. The van der Waals surface area contributed by atoms with Crippen LogP contribution in [0.4, 0.5) is 0 Å². The molecule has 1 aliphatic rings. The van der Waals surface area contributed by atoms with Crippen molar-refractivity contribution >= 4 is 11.6 Å². The molecular formula is C12H12ClN3O. The molecule has 0 radical (unpaired) electrons. The number of nitrogens with zero attached hydrogens (tertiary/aromatic N) is 1. The predicted octanol–water partition coefficient (Wildman–Crippen LogP) is 2.17. The Morgan fingerprint density at radius 3 is 2.65 bits per heavy atom. The van der Waals surface area contributed by atoms with Gasteiger partial charge in [0.1, 0.15) is 17.2 Å². The Kier molecular flexibility index (Phi) is 2.97. The normalized spacial score (nSPS) is 23.4. The van der Waals surface area contributed by atoms with Gasteiger partial charge in [0, 0.05) is 5.02 Å². The molecule has 3 N–H and O–H groups in total. The Labute approximate surface area is 105 Å². The van der Waals surface area contributed by atoms with Gasteiger partial charge in [0.05, 0.1) is 0 Å². The van der Waals surface area contributed by atoms with Crippen molar-refractivity contribution in [3.8, 4) is 6.07 Å². The quantitative estimate of drug-likeness (QED) is 0.843. The van der Waals surface area contributed by atoms with Gasteiger partial charge in [0.15, 0.2) is 0 Å². The fourth-order valence-electron chi connectivity index (χ4n) is 2.00. The van der Waals surface area contributed by atoms with E-state index in [1.807, 2.05) is 19.1 Å². The van der Waals surface area contributed by atoms with E-state index in [1.165, 1.54) is 0 Å². The van der Waals surface area contributed by atoms with Crippen LogP contribution >= 0.6 is 11.6 Å². The molecule has 2 rings (SSSR count). The van der Waals surface area contributed by atoms with Crippen molar-refractivity contribution in [1.82, 2.24) is 5.48 Å². The second kappa shape index (κ2) is 4.28. The molecule has 4 nitrogen and oxygen atoms in total. The summed E-state index contributed by atoms with van der Waals surface area (Å²) < 4.78 is 0. The number of nitriles is 1. The van der Waals surface area contributed by atoms with Crippen molar-refractivity contribution < 1.29 is 4.84 Å². The Bertz CT molecular complexity index is 503. The third kappa shape index (κ3) is 1.74. The number of hydroxylamine groups is 1. The lowest BCUT2D eigenvalue weighted by molar-refractivity contribution is 0.0734. The maximum absolute atomic E-state index is 9.19. The van der Waals surface area contributed by atoms with Crippen molar-refractivity contribution in [3.05, 3.63) is 46.3 Å². The minimum Gasteiger partial charge on any atom is -0.389 e. The van der Waals surface area contributed by atoms with E-state index in [-0.39, 0.29) is 5.88 Å². The molecule has 0 fully saturated rings. The first-order valence-corrected chi connectivity index (χ1v) is 5.62. The number of benzene rings is 1. The summed E-state index contributed by atoms with van der Waals surface area (Å²) in [6.45, 7) is 1.96. The zero-order valence-electron chi connectivity index (χ0n) is 9.33. The molecule has 0 bridgehead atoms. The molecular weight excluding hydrogens is 238 g/mol. The lowest BCUT2D eigenvalue weighted by Crippen LogP contribution is -2.38. The van der Waals surface area contributed by atoms with Crippen LogP contribution in [0.3, 0.4) is 0 Å². The molecule has 0 spiro atoms. The summed E-state index contributed by atoms with van der Waals surface area (Å²) in [6, 6.07) is 9.38. The topological polar surface area (TPSA) is 71.1 Å². The fraction of sp³-hybridized carbons (Fsp3) is 0.250.